The van der Waals surface area contributed by atoms with Gasteiger partial charge in [-0.3, -0.25) is 0 Å². The van der Waals surface area contributed by atoms with Gasteiger partial charge in [0.15, 0.2) is 0 Å². The highest BCUT2D eigenvalue weighted by Gasteiger charge is 2.18. The molecule has 0 saturated carbocycles. The molecule has 1 saturated heterocycles. The molecule has 0 radical (unpaired) electrons. The maximum absolute atomic E-state index is 13.4. The van der Waals surface area contributed by atoms with Crippen LogP contribution in [0.2, 0.25) is 0 Å². The van der Waals surface area contributed by atoms with Gasteiger partial charge in [0, 0.05) is 19.0 Å². The van der Waals surface area contributed by atoms with E-state index < -0.39 is 0 Å². The third-order valence-electron chi connectivity index (χ3n) is 3.30. The van der Waals surface area contributed by atoms with Gasteiger partial charge < -0.3 is 14.4 Å². The van der Waals surface area contributed by atoms with Crippen molar-refractivity contribution in [2.24, 2.45) is 0 Å². The van der Waals surface area contributed by atoms with Crippen LogP contribution in [0.5, 0.6) is 0 Å². The average molecular weight is 277 g/mol. The van der Waals surface area contributed by atoms with Crippen LogP contribution in [0.1, 0.15) is 0 Å². The number of likely N-dealkylation sites (N-methyl/N-ethyl adjacent to an activating group) is 1. The van der Waals surface area contributed by atoms with Gasteiger partial charge >= 0.3 is 0 Å². The lowest BCUT2D eigenvalue weighted by molar-refractivity contribution is -0.0837. The molecule has 1 atom stereocenters. The summed E-state index contributed by atoms with van der Waals surface area (Å²) < 4.78 is 24.4. The maximum Gasteiger partial charge on any atom is 0.139 e. The lowest BCUT2D eigenvalue weighted by Crippen LogP contribution is -2.38. The molecule has 1 unspecified atom stereocenters. The number of halogens is 1. The zero-order chi connectivity index (χ0) is 13.9. The van der Waals surface area contributed by atoms with Crippen LogP contribution in [0.3, 0.4) is 0 Å². The van der Waals surface area contributed by atoms with Crippen LogP contribution in [0, 0.1) is 5.82 Å². The van der Waals surface area contributed by atoms with Gasteiger partial charge in [-0.15, -0.1) is 0 Å². The van der Waals surface area contributed by atoms with Crippen molar-refractivity contribution >= 4 is 16.7 Å². The fourth-order valence-corrected chi connectivity index (χ4v) is 2.35. The minimum absolute atomic E-state index is 0.00678. The summed E-state index contributed by atoms with van der Waals surface area (Å²) >= 11 is 0. The first-order valence-electron chi connectivity index (χ1n) is 6.55. The fraction of sp³-hybridized carbons (Fsp3) is 0.429. The van der Waals surface area contributed by atoms with Crippen molar-refractivity contribution in [1.82, 2.24) is 9.97 Å². The lowest BCUT2D eigenvalue weighted by atomic mass is 10.2. The molecule has 2 aromatic rings. The van der Waals surface area contributed by atoms with Crippen molar-refractivity contribution in [2.45, 2.75) is 6.10 Å². The maximum atomic E-state index is 13.4. The summed E-state index contributed by atoms with van der Waals surface area (Å²) in [5.74, 6) is 0.405. The molecule has 3 rings (SSSR count). The largest absolute Gasteiger partial charge is 0.376 e. The standard InChI is InChI=1S/C14H16FN3O2/c1-18(7-11-8-19-4-5-20-11)14-12-6-10(15)2-3-13(12)16-9-17-14/h2-3,6,9,11H,4-5,7-8H2,1H3. The molecule has 0 bridgehead atoms. The molecule has 1 aromatic carbocycles. The lowest BCUT2D eigenvalue weighted by Gasteiger charge is -2.28. The zero-order valence-electron chi connectivity index (χ0n) is 11.3. The second kappa shape index (κ2) is 5.68. The van der Waals surface area contributed by atoms with Gasteiger partial charge in [0.25, 0.3) is 0 Å². The molecule has 106 valence electrons. The van der Waals surface area contributed by atoms with E-state index in [0.717, 1.165) is 5.52 Å². The summed E-state index contributed by atoms with van der Waals surface area (Å²) in [4.78, 5) is 10.4. The Morgan fingerprint density at radius 2 is 2.25 bits per heavy atom. The normalized spacial score (nSPS) is 19.2. The smallest absolute Gasteiger partial charge is 0.139 e. The van der Waals surface area contributed by atoms with Crippen LogP contribution < -0.4 is 4.90 Å². The molecule has 0 amide bonds. The highest BCUT2D eigenvalue weighted by atomic mass is 19.1. The van der Waals surface area contributed by atoms with E-state index in [1.807, 2.05) is 11.9 Å². The summed E-state index contributed by atoms with van der Waals surface area (Å²) in [6.45, 7) is 2.46. The summed E-state index contributed by atoms with van der Waals surface area (Å²) in [6.07, 6.45) is 1.50. The van der Waals surface area contributed by atoms with Gasteiger partial charge in [0.1, 0.15) is 18.0 Å². The van der Waals surface area contributed by atoms with E-state index in [-0.39, 0.29) is 11.9 Å². The minimum Gasteiger partial charge on any atom is -0.376 e. The Labute approximate surface area is 116 Å². The van der Waals surface area contributed by atoms with Gasteiger partial charge in [0.05, 0.1) is 31.4 Å². The Balaban J connectivity index is 1.86. The number of fused-ring (bicyclic) bond motifs is 1. The van der Waals surface area contributed by atoms with Gasteiger partial charge in [-0.1, -0.05) is 0 Å². The molecule has 1 aliphatic heterocycles. The van der Waals surface area contributed by atoms with Crippen LogP contribution in [0.4, 0.5) is 10.2 Å². The molecule has 1 aromatic heterocycles. The van der Waals surface area contributed by atoms with Crippen molar-refractivity contribution in [3.63, 3.8) is 0 Å². The minimum atomic E-state index is -0.292. The molecule has 6 heteroatoms. The van der Waals surface area contributed by atoms with Crippen LogP contribution in [0.15, 0.2) is 24.5 Å². The van der Waals surface area contributed by atoms with Crippen LogP contribution >= 0.6 is 0 Å². The van der Waals surface area contributed by atoms with E-state index in [9.17, 15) is 4.39 Å². The number of hydrogen-bond donors (Lipinski definition) is 0. The van der Waals surface area contributed by atoms with Gasteiger partial charge in [-0.2, -0.15) is 0 Å². The van der Waals surface area contributed by atoms with Crippen molar-refractivity contribution in [3.8, 4) is 0 Å². The number of hydrogen-bond acceptors (Lipinski definition) is 5. The molecule has 0 N–H and O–H groups in total. The van der Waals surface area contributed by atoms with Crippen LogP contribution in [-0.2, 0) is 9.47 Å². The Morgan fingerprint density at radius 3 is 3.05 bits per heavy atom. The summed E-state index contributed by atoms with van der Waals surface area (Å²) in [6, 6.07) is 4.51. The third kappa shape index (κ3) is 2.71. The van der Waals surface area contributed by atoms with Crippen molar-refractivity contribution in [1.29, 1.82) is 0 Å². The monoisotopic (exact) mass is 277 g/mol. The third-order valence-corrected chi connectivity index (χ3v) is 3.30. The Hall–Kier alpha value is -1.79. The number of benzene rings is 1. The molecule has 5 nitrogen and oxygen atoms in total. The summed E-state index contributed by atoms with van der Waals surface area (Å²) in [7, 11) is 1.91. The molecule has 1 fully saturated rings. The Bertz CT molecular complexity index is 602. The zero-order valence-corrected chi connectivity index (χ0v) is 11.3. The predicted octanol–water partition coefficient (Wildman–Crippen LogP) is 1.62. The molecule has 2 heterocycles. The van der Waals surface area contributed by atoms with Crippen LogP contribution in [0.25, 0.3) is 10.9 Å². The van der Waals surface area contributed by atoms with Crippen molar-refractivity contribution < 1.29 is 13.9 Å². The Kier molecular flexibility index (Phi) is 3.75. The van der Waals surface area contributed by atoms with E-state index in [4.69, 9.17) is 9.47 Å². The van der Waals surface area contributed by atoms with Gasteiger partial charge in [-0.05, 0) is 18.2 Å². The highest BCUT2D eigenvalue weighted by molar-refractivity contribution is 5.89. The fourth-order valence-electron chi connectivity index (χ4n) is 2.35. The van der Waals surface area contributed by atoms with E-state index in [1.165, 1.54) is 18.5 Å². The van der Waals surface area contributed by atoms with Crippen molar-refractivity contribution in [2.75, 3.05) is 38.3 Å². The first kappa shape index (κ1) is 13.2. The highest BCUT2D eigenvalue weighted by Crippen LogP contribution is 2.23. The summed E-state index contributed by atoms with van der Waals surface area (Å²) in [5.41, 5.74) is 0.726. The topological polar surface area (TPSA) is 47.5 Å². The quantitative estimate of drug-likeness (QED) is 0.853. The number of nitrogens with zero attached hydrogens (tertiary/aromatic N) is 3. The molecule has 0 aliphatic carbocycles. The molecule has 1 aliphatic rings. The first-order chi connectivity index (χ1) is 9.74. The molecular formula is C14H16FN3O2. The molecular weight excluding hydrogens is 261 g/mol. The number of rotatable bonds is 3. The average Bonchev–Trinajstić information content (AvgIpc) is 2.47. The van der Waals surface area contributed by atoms with Gasteiger partial charge in [0.2, 0.25) is 0 Å². The predicted molar refractivity (Wildman–Crippen MR) is 73.3 cm³/mol. The van der Waals surface area contributed by atoms with E-state index >= 15 is 0 Å². The Morgan fingerprint density at radius 1 is 1.35 bits per heavy atom. The van der Waals surface area contributed by atoms with E-state index in [0.29, 0.717) is 37.6 Å². The van der Waals surface area contributed by atoms with Crippen molar-refractivity contribution in [3.05, 3.63) is 30.3 Å². The SMILES string of the molecule is CN(CC1COCCO1)c1ncnc2ccc(F)cc12. The van der Waals surface area contributed by atoms with E-state index in [1.54, 1.807) is 6.07 Å². The van der Waals surface area contributed by atoms with E-state index in [2.05, 4.69) is 9.97 Å². The second-order valence-corrected chi connectivity index (χ2v) is 4.81. The van der Waals surface area contributed by atoms with Crippen LogP contribution in [-0.4, -0.2) is 49.5 Å². The number of ether oxygens (including phenoxy) is 2. The first-order valence-corrected chi connectivity index (χ1v) is 6.55. The number of anilines is 1. The summed E-state index contributed by atoms with van der Waals surface area (Å²) in [5, 5.41) is 0.701. The second-order valence-electron chi connectivity index (χ2n) is 4.81. The number of aromatic nitrogens is 2. The molecule has 0 spiro atoms. The van der Waals surface area contributed by atoms with Gasteiger partial charge in [-0.25, -0.2) is 14.4 Å². The molecule has 20 heavy (non-hydrogen) atoms.